The Bertz CT molecular complexity index is 519. The predicted molar refractivity (Wildman–Crippen MR) is 93.0 cm³/mol. The zero-order valence-corrected chi connectivity index (χ0v) is 15.7. The molecular formula is C16H22Br2N2O. The van der Waals surface area contributed by atoms with Crippen LogP contribution in [0.4, 0.5) is 0 Å². The largest absolute Gasteiger partial charge is 0.334 e. The van der Waals surface area contributed by atoms with E-state index in [9.17, 15) is 4.79 Å². The highest BCUT2D eigenvalue weighted by atomic mass is 79.9. The van der Waals surface area contributed by atoms with E-state index in [2.05, 4.69) is 57.8 Å². The average molecular weight is 418 g/mol. The number of hydrogen-bond donors (Lipinski definition) is 1. The van der Waals surface area contributed by atoms with Crippen molar-refractivity contribution in [3.63, 3.8) is 0 Å². The van der Waals surface area contributed by atoms with E-state index in [0.717, 1.165) is 33.9 Å². The lowest BCUT2D eigenvalue weighted by Crippen LogP contribution is -2.43. The van der Waals surface area contributed by atoms with Gasteiger partial charge in [0.15, 0.2) is 0 Å². The molecule has 116 valence electrons. The van der Waals surface area contributed by atoms with E-state index >= 15 is 0 Å². The maximum absolute atomic E-state index is 12.5. The van der Waals surface area contributed by atoms with Crippen molar-refractivity contribution in [2.45, 2.75) is 45.2 Å². The molecule has 1 fully saturated rings. The SMILES string of the molecule is CC(C)CN1C(=O)CCCC(N)C1c1ccc(Br)c(Br)c1. The first-order valence-electron chi connectivity index (χ1n) is 7.40. The van der Waals surface area contributed by atoms with Crippen LogP contribution in [0.1, 0.15) is 44.7 Å². The Morgan fingerprint density at radius 1 is 1.33 bits per heavy atom. The van der Waals surface area contributed by atoms with Crippen molar-refractivity contribution in [2.24, 2.45) is 11.7 Å². The summed E-state index contributed by atoms with van der Waals surface area (Å²) in [4.78, 5) is 14.5. The van der Waals surface area contributed by atoms with E-state index in [-0.39, 0.29) is 18.0 Å². The van der Waals surface area contributed by atoms with Gasteiger partial charge in [0.2, 0.25) is 5.91 Å². The Morgan fingerprint density at radius 3 is 2.67 bits per heavy atom. The summed E-state index contributed by atoms with van der Waals surface area (Å²) in [7, 11) is 0. The first-order valence-corrected chi connectivity index (χ1v) is 8.98. The fraction of sp³-hybridized carbons (Fsp3) is 0.562. The molecule has 3 nitrogen and oxygen atoms in total. The first kappa shape index (κ1) is 17.0. The maximum atomic E-state index is 12.5. The smallest absolute Gasteiger partial charge is 0.223 e. The molecule has 1 aliphatic rings. The molecule has 2 atom stereocenters. The molecule has 1 aromatic carbocycles. The van der Waals surface area contributed by atoms with Crippen LogP contribution >= 0.6 is 31.9 Å². The summed E-state index contributed by atoms with van der Waals surface area (Å²) in [5.41, 5.74) is 7.51. The summed E-state index contributed by atoms with van der Waals surface area (Å²) < 4.78 is 2.00. The normalized spacial score (nSPS) is 23.5. The van der Waals surface area contributed by atoms with E-state index in [1.807, 2.05) is 11.0 Å². The molecule has 0 saturated carbocycles. The van der Waals surface area contributed by atoms with Gasteiger partial charge in [0.05, 0.1) is 6.04 Å². The molecule has 0 radical (unpaired) electrons. The Balaban J connectivity index is 2.40. The lowest BCUT2D eigenvalue weighted by Gasteiger charge is -2.35. The minimum Gasteiger partial charge on any atom is -0.334 e. The van der Waals surface area contributed by atoms with Crippen LogP contribution in [0.3, 0.4) is 0 Å². The monoisotopic (exact) mass is 416 g/mol. The number of halogens is 2. The Morgan fingerprint density at radius 2 is 2.05 bits per heavy atom. The number of carbonyl (C=O) groups excluding carboxylic acids is 1. The van der Waals surface area contributed by atoms with Crippen LogP contribution in [0.15, 0.2) is 27.1 Å². The van der Waals surface area contributed by atoms with Gasteiger partial charge in [-0.1, -0.05) is 19.9 Å². The number of amides is 1. The molecule has 0 bridgehead atoms. The van der Waals surface area contributed by atoms with Crippen molar-refractivity contribution in [3.8, 4) is 0 Å². The van der Waals surface area contributed by atoms with Crippen LogP contribution in [-0.2, 0) is 4.79 Å². The number of carbonyl (C=O) groups is 1. The molecule has 21 heavy (non-hydrogen) atoms. The second kappa shape index (κ2) is 7.25. The van der Waals surface area contributed by atoms with Gasteiger partial charge in [-0.15, -0.1) is 0 Å². The van der Waals surface area contributed by atoms with Crippen LogP contribution in [0.5, 0.6) is 0 Å². The van der Waals surface area contributed by atoms with Crippen LogP contribution in [0.2, 0.25) is 0 Å². The van der Waals surface area contributed by atoms with Crippen molar-refractivity contribution >= 4 is 37.8 Å². The molecular weight excluding hydrogens is 396 g/mol. The fourth-order valence-electron chi connectivity index (χ4n) is 2.91. The predicted octanol–water partition coefficient (Wildman–Crippen LogP) is 4.25. The maximum Gasteiger partial charge on any atom is 0.223 e. The average Bonchev–Trinajstić information content (AvgIpc) is 2.53. The quantitative estimate of drug-likeness (QED) is 0.798. The second-order valence-electron chi connectivity index (χ2n) is 6.11. The van der Waals surface area contributed by atoms with Gasteiger partial charge in [-0.3, -0.25) is 4.79 Å². The van der Waals surface area contributed by atoms with Crippen molar-refractivity contribution in [1.82, 2.24) is 4.90 Å². The number of benzene rings is 1. The van der Waals surface area contributed by atoms with Gasteiger partial charge in [0.25, 0.3) is 0 Å². The minimum absolute atomic E-state index is 0.0109. The second-order valence-corrected chi connectivity index (χ2v) is 7.82. The molecule has 1 heterocycles. The van der Waals surface area contributed by atoms with Crippen LogP contribution in [0, 0.1) is 5.92 Å². The van der Waals surface area contributed by atoms with Crippen LogP contribution in [0.25, 0.3) is 0 Å². The van der Waals surface area contributed by atoms with Crippen LogP contribution < -0.4 is 5.73 Å². The van der Waals surface area contributed by atoms with Gasteiger partial charge in [-0.05, 0) is 68.3 Å². The minimum atomic E-state index is -0.0354. The first-order chi connectivity index (χ1) is 9.90. The molecule has 2 N–H and O–H groups in total. The summed E-state index contributed by atoms with van der Waals surface area (Å²) in [6.07, 6.45) is 2.37. The number of nitrogens with zero attached hydrogens (tertiary/aromatic N) is 1. The zero-order valence-electron chi connectivity index (χ0n) is 12.5. The molecule has 2 unspecified atom stereocenters. The van der Waals surface area contributed by atoms with Crippen molar-refractivity contribution in [3.05, 3.63) is 32.7 Å². The summed E-state index contributed by atoms with van der Waals surface area (Å²) >= 11 is 7.04. The molecule has 0 aliphatic carbocycles. The number of hydrogen-bond acceptors (Lipinski definition) is 2. The fourth-order valence-corrected chi connectivity index (χ4v) is 3.55. The molecule has 1 aromatic rings. The van der Waals surface area contributed by atoms with Crippen molar-refractivity contribution in [1.29, 1.82) is 0 Å². The molecule has 1 saturated heterocycles. The highest BCUT2D eigenvalue weighted by Crippen LogP contribution is 2.34. The molecule has 0 aromatic heterocycles. The van der Waals surface area contributed by atoms with E-state index < -0.39 is 0 Å². The van der Waals surface area contributed by atoms with E-state index in [0.29, 0.717) is 12.3 Å². The summed E-state index contributed by atoms with van der Waals surface area (Å²) in [5.74, 6) is 0.654. The van der Waals surface area contributed by atoms with Gasteiger partial charge < -0.3 is 10.6 Å². The number of rotatable bonds is 3. The lowest BCUT2D eigenvalue weighted by atomic mass is 9.95. The van der Waals surface area contributed by atoms with E-state index in [4.69, 9.17) is 5.73 Å². The Labute approximate surface area is 143 Å². The third kappa shape index (κ3) is 4.08. The molecule has 1 aliphatic heterocycles. The zero-order chi connectivity index (χ0) is 15.6. The van der Waals surface area contributed by atoms with Gasteiger partial charge in [0, 0.05) is 28.0 Å². The standard InChI is InChI=1S/C16H22Br2N2O/c1-10(2)9-20-15(21)5-3-4-14(19)16(20)11-6-7-12(17)13(18)8-11/h6-8,10,14,16H,3-5,9,19H2,1-2H3. The van der Waals surface area contributed by atoms with E-state index in [1.54, 1.807) is 0 Å². The molecule has 2 rings (SSSR count). The van der Waals surface area contributed by atoms with Gasteiger partial charge in [-0.2, -0.15) is 0 Å². The van der Waals surface area contributed by atoms with Gasteiger partial charge in [-0.25, -0.2) is 0 Å². The Hall–Kier alpha value is -0.390. The molecule has 5 heteroatoms. The molecule has 0 spiro atoms. The third-order valence-corrected chi connectivity index (χ3v) is 5.72. The third-order valence-electron chi connectivity index (χ3n) is 3.84. The van der Waals surface area contributed by atoms with Gasteiger partial charge >= 0.3 is 0 Å². The highest BCUT2D eigenvalue weighted by Gasteiger charge is 2.33. The van der Waals surface area contributed by atoms with Crippen molar-refractivity contribution < 1.29 is 4.79 Å². The van der Waals surface area contributed by atoms with Crippen molar-refractivity contribution in [2.75, 3.05) is 6.54 Å². The molecule has 1 amide bonds. The van der Waals surface area contributed by atoms with Gasteiger partial charge in [0.1, 0.15) is 0 Å². The number of nitrogens with two attached hydrogens (primary N) is 1. The highest BCUT2D eigenvalue weighted by molar-refractivity contribution is 9.13. The van der Waals surface area contributed by atoms with E-state index in [1.165, 1.54) is 0 Å². The van der Waals surface area contributed by atoms with Crippen LogP contribution in [-0.4, -0.2) is 23.4 Å². The number of likely N-dealkylation sites (tertiary alicyclic amines) is 1. The summed E-state index contributed by atoms with van der Waals surface area (Å²) in [6.45, 7) is 5.03. The Kier molecular flexibility index (Phi) is 5.86. The summed E-state index contributed by atoms with van der Waals surface area (Å²) in [6, 6.07) is 6.09. The summed E-state index contributed by atoms with van der Waals surface area (Å²) in [5, 5.41) is 0. The topological polar surface area (TPSA) is 46.3 Å². The lowest BCUT2D eigenvalue weighted by molar-refractivity contribution is -0.133.